The fourth-order valence-corrected chi connectivity index (χ4v) is 3.09. The van der Waals surface area contributed by atoms with Gasteiger partial charge in [0.15, 0.2) is 0 Å². The van der Waals surface area contributed by atoms with Crippen LogP contribution in [0.15, 0.2) is 0 Å². The third-order valence-electron chi connectivity index (χ3n) is 3.63. The Hall–Kier alpha value is -0.120. The van der Waals surface area contributed by atoms with Gasteiger partial charge in [0.05, 0.1) is 11.7 Å². The van der Waals surface area contributed by atoms with E-state index in [-0.39, 0.29) is 5.60 Å². The quantitative estimate of drug-likeness (QED) is 0.735. The SMILES string of the molecule is CC1CN(C2CCCCNC2)CC(C)(C)O1. The molecule has 0 spiro atoms. The molecule has 2 atom stereocenters. The predicted molar refractivity (Wildman–Crippen MR) is 66.7 cm³/mol. The van der Waals surface area contributed by atoms with E-state index in [1.54, 1.807) is 0 Å². The van der Waals surface area contributed by atoms with Gasteiger partial charge in [-0.3, -0.25) is 4.90 Å². The fourth-order valence-electron chi connectivity index (χ4n) is 3.09. The van der Waals surface area contributed by atoms with Crippen molar-refractivity contribution in [3.05, 3.63) is 0 Å². The topological polar surface area (TPSA) is 24.5 Å². The first-order valence-corrected chi connectivity index (χ1v) is 6.69. The molecule has 0 amide bonds. The van der Waals surface area contributed by atoms with Gasteiger partial charge in [-0.15, -0.1) is 0 Å². The van der Waals surface area contributed by atoms with Crippen LogP contribution >= 0.6 is 0 Å². The van der Waals surface area contributed by atoms with Gasteiger partial charge in [0.1, 0.15) is 0 Å². The predicted octanol–water partition coefficient (Wildman–Crippen LogP) is 1.63. The van der Waals surface area contributed by atoms with E-state index in [0.717, 1.165) is 19.6 Å². The van der Waals surface area contributed by atoms with Gasteiger partial charge in [0.2, 0.25) is 0 Å². The molecule has 2 saturated heterocycles. The second-order valence-corrected chi connectivity index (χ2v) is 5.97. The number of ether oxygens (including phenoxy) is 1. The van der Waals surface area contributed by atoms with Gasteiger partial charge in [-0.25, -0.2) is 0 Å². The summed E-state index contributed by atoms with van der Waals surface area (Å²) in [4.78, 5) is 2.63. The van der Waals surface area contributed by atoms with Gasteiger partial charge in [0.25, 0.3) is 0 Å². The largest absolute Gasteiger partial charge is 0.370 e. The lowest BCUT2D eigenvalue weighted by Gasteiger charge is -2.45. The van der Waals surface area contributed by atoms with Crippen LogP contribution in [0.4, 0.5) is 0 Å². The summed E-state index contributed by atoms with van der Waals surface area (Å²) in [6.07, 6.45) is 4.41. The molecule has 3 heteroatoms. The lowest BCUT2D eigenvalue weighted by molar-refractivity contribution is -0.137. The summed E-state index contributed by atoms with van der Waals surface area (Å²) >= 11 is 0. The lowest BCUT2D eigenvalue weighted by Crippen LogP contribution is -2.56. The molecule has 0 saturated carbocycles. The Morgan fingerprint density at radius 1 is 1.31 bits per heavy atom. The lowest BCUT2D eigenvalue weighted by atomic mass is 10.0. The molecule has 0 aromatic carbocycles. The van der Waals surface area contributed by atoms with Crippen molar-refractivity contribution in [3.8, 4) is 0 Å². The minimum absolute atomic E-state index is 0.0178. The van der Waals surface area contributed by atoms with Crippen molar-refractivity contribution in [1.82, 2.24) is 10.2 Å². The molecule has 94 valence electrons. The molecule has 2 unspecified atom stereocenters. The summed E-state index contributed by atoms with van der Waals surface area (Å²) in [5.41, 5.74) is 0.0178. The van der Waals surface area contributed by atoms with Crippen LogP contribution in [0, 0.1) is 0 Å². The van der Waals surface area contributed by atoms with E-state index in [2.05, 4.69) is 31.0 Å². The second-order valence-electron chi connectivity index (χ2n) is 5.97. The Balaban J connectivity index is 1.96. The Morgan fingerprint density at radius 2 is 2.12 bits per heavy atom. The molecule has 0 aliphatic carbocycles. The molecule has 16 heavy (non-hydrogen) atoms. The standard InChI is InChI=1S/C13H26N2O/c1-11-9-15(10-13(2,3)16-11)12-6-4-5-7-14-8-12/h11-12,14H,4-10H2,1-3H3. The van der Waals surface area contributed by atoms with Gasteiger partial charge in [-0.1, -0.05) is 6.42 Å². The average Bonchev–Trinajstić information content (AvgIpc) is 2.42. The van der Waals surface area contributed by atoms with E-state index in [9.17, 15) is 0 Å². The Morgan fingerprint density at radius 3 is 2.88 bits per heavy atom. The summed E-state index contributed by atoms with van der Waals surface area (Å²) in [5.74, 6) is 0. The molecule has 0 aromatic rings. The van der Waals surface area contributed by atoms with Gasteiger partial charge < -0.3 is 10.1 Å². The molecule has 0 aromatic heterocycles. The van der Waals surface area contributed by atoms with Crippen molar-refractivity contribution in [2.24, 2.45) is 0 Å². The zero-order chi connectivity index (χ0) is 11.6. The monoisotopic (exact) mass is 226 g/mol. The van der Waals surface area contributed by atoms with Crippen molar-refractivity contribution in [2.45, 2.75) is 57.8 Å². The van der Waals surface area contributed by atoms with Crippen molar-refractivity contribution >= 4 is 0 Å². The van der Waals surface area contributed by atoms with Crippen molar-refractivity contribution in [2.75, 3.05) is 26.2 Å². The van der Waals surface area contributed by atoms with E-state index in [1.807, 2.05) is 0 Å². The molecular weight excluding hydrogens is 200 g/mol. The van der Waals surface area contributed by atoms with Crippen LogP contribution in [0.3, 0.4) is 0 Å². The molecule has 1 N–H and O–H groups in total. The number of nitrogens with zero attached hydrogens (tertiary/aromatic N) is 1. The van der Waals surface area contributed by atoms with E-state index in [4.69, 9.17) is 4.74 Å². The smallest absolute Gasteiger partial charge is 0.0757 e. The van der Waals surface area contributed by atoms with Crippen LogP contribution in [0.5, 0.6) is 0 Å². The molecule has 2 fully saturated rings. The van der Waals surface area contributed by atoms with Crippen molar-refractivity contribution < 1.29 is 4.74 Å². The van der Waals surface area contributed by atoms with E-state index < -0.39 is 0 Å². The summed E-state index contributed by atoms with van der Waals surface area (Å²) in [6, 6.07) is 0.716. The van der Waals surface area contributed by atoms with Gasteiger partial charge in [0, 0.05) is 25.7 Å². The van der Waals surface area contributed by atoms with Crippen molar-refractivity contribution in [3.63, 3.8) is 0 Å². The van der Waals surface area contributed by atoms with E-state index in [1.165, 1.54) is 25.8 Å². The van der Waals surface area contributed by atoms with Gasteiger partial charge in [-0.05, 0) is 40.2 Å². The number of rotatable bonds is 1. The highest BCUT2D eigenvalue weighted by molar-refractivity contribution is 4.87. The number of nitrogens with one attached hydrogen (secondary N) is 1. The fraction of sp³-hybridized carbons (Fsp3) is 1.00. The average molecular weight is 226 g/mol. The number of hydrogen-bond acceptors (Lipinski definition) is 3. The maximum atomic E-state index is 5.96. The van der Waals surface area contributed by atoms with Gasteiger partial charge >= 0.3 is 0 Å². The first kappa shape index (κ1) is 12.3. The van der Waals surface area contributed by atoms with Crippen LogP contribution in [0.2, 0.25) is 0 Å². The minimum Gasteiger partial charge on any atom is -0.370 e. The maximum absolute atomic E-state index is 5.96. The molecule has 2 heterocycles. The van der Waals surface area contributed by atoms with Crippen LogP contribution < -0.4 is 5.32 Å². The Labute approximate surface area is 99.5 Å². The third-order valence-corrected chi connectivity index (χ3v) is 3.63. The molecular formula is C13H26N2O. The molecule has 2 aliphatic rings. The molecule has 2 aliphatic heterocycles. The number of morpholine rings is 1. The highest BCUT2D eigenvalue weighted by Gasteiger charge is 2.34. The van der Waals surface area contributed by atoms with Crippen LogP contribution in [0.1, 0.15) is 40.0 Å². The molecule has 0 radical (unpaired) electrons. The third kappa shape index (κ3) is 3.19. The Kier molecular flexibility index (Phi) is 3.88. The first-order valence-electron chi connectivity index (χ1n) is 6.69. The van der Waals surface area contributed by atoms with E-state index >= 15 is 0 Å². The Bertz CT molecular complexity index is 222. The summed E-state index contributed by atoms with van der Waals surface area (Å²) in [5, 5.41) is 3.55. The van der Waals surface area contributed by atoms with Crippen molar-refractivity contribution in [1.29, 1.82) is 0 Å². The van der Waals surface area contributed by atoms with Gasteiger partial charge in [-0.2, -0.15) is 0 Å². The molecule has 2 rings (SSSR count). The minimum atomic E-state index is 0.0178. The summed E-state index contributed by atoms with van der Waals surface area (Å²) in [7, 11) is 0. The normalized spacial score (nSPS) is 36.9. The second kappa shape index (κ2) is 5.03. The maximum Gasteiger partial charge on any atom is 0.0757 e. The molecule has 3 nitrogen and oxygen atoms in total. The highest BCUT2D eigenvalue weighted by atomic mass is 16.5. The summed E-state index contributed by atoms with van der Waals surface area (Å²) in [6.45, 7) is 11.1. The first-order chi connectivity index (χ1) is 7.57. The number of hydrogen-bond donors (Lipinski definition) is 1. The highest BCUT2D eigenvalue weighted by Crippen LogP contribution is 2.24. The molecule has 0 bridgehead atoms. The van der Waals surface area contributed by atoms with Crippen LogP contribution in [-0.2, 0) is 4.74 Å². The van der Waals surface area contributed by atoms with Crippen LogP contribution in [0.25, 0.3) is 0 Å². The van der Waals surface area contributed by atoms with Crippen LogP contribution in [-0.4, -0.2) is 48.8 Å². The zero-order valence-electron chi connectivity index (χ0n) is 11.0. The summed E-state index contributed by atoms with van der Waals surface area (Å²) < 4.78 is 5.96. The zero-order valence-corrected chi connectivity index (χ0v) is 11.0. The van der Waals surface area contributed by atoms with E-state index in [0.29, 0.717) is 12.1 Å².